The molecule has 6 unspecified atom stereocenters. The Bertz CT molecular complexity index is 1190. The predicted octanol–water partition coefficient (Wildman–Crippen LogP) is 10.2. The summed E-state index contributed by atoms with van der Waals surface area (Å²) in [6, 6.07) is 0. The number of unbranched alkanes of at least 4 members (excludes halogenated alkanes) is 22. The Morgan fingerprint density at radius 2 is 1.10 bits per heavy atom. The lowest BCUT2D eigenvalue weighted by Crippen LogP contribution is -2.60. The molecule has 0 radical (unpaired) electrons. The Morgan fingerprint density at radius 3 is 1.63 bits per heavy atom. The zero-order valence-corrected chi connectivity index (χ0v) is 38.3. The quantitative estimate of drug-likeness (QED) is 0.0198. The maximum atomic E-state index is 12.9. The van der Waals surface area contributed by atoms with Crippen molar-refractivity contribution in [3.8, 4) is 0 Å². The van der Waals surface area contributed by atoms with Gasteiger partial charge in [0.25, 0.3) is 0 Å². The lowest BCUT2D eigenvalue weighted by molar-refractivity contribution is -0.301. The third-order valence-corrected chi connectivity index (χ3v) is 11.2. The van der Waals surface area contributed by atoms with Gasteiger partial charge in [-0.25, -0.2) is 4.18 Å². The Morgan fingerprint density at radius 1 is 0.633 bits per heavy atom. The Labute approximate surface area is 364 Å². The summed E-state index contributed by atoms with van der Waals surface area (Å²) in [6.07, 6.45) is 36.0. The summed E-state index contributed by atoms with van der Waals surface area (Å²) in [5.41, 5.74) is 0. The minimum Gasteiger partial charge on any atom is -0.457 e. The number of carbonyl (C=O) groups excluding carboxylic acids is 1. The van der Waals surface area contributed by atoms with Crippen LogP contribution in [0.5, 0.6) is 0 Å². The van der Waals surface area contributed by atoms with Gasteiger partial charge in [-0.15, -0.1) is 0 Å². The summed E-state index contributed by atoms with van der Waals surface area (Å²) in [5.74, 6) is -0.410. The zero-order chi connectivity index (χ0) is 43.9. The Hall–Kier alpha value is -1.68. The molecule has 12 nitrogen and oxygen atoms in total. The van der Waals surface area contributed by atoms with Gasteiger partial charge in [-0.05, 0) is 51.4 Å². The maximum Gasteiger partial charge on any atom is 0.397 e. The minimum absolute atomic E-state index is 0.0330. The fraction of sp³-hybridized carbons (Fsp3) is 0.851. The highest BCUT2D eigenvalue weighted by Crippen LogP contribution is 2.26. The largest absolute Gasteiger partial charge is 0.457 e. The summed E-state index contributed by atoms with van der Waals surface area (Å²) < 4.78 is 59.1. The molecule has 1 aliphatic heterocycles. The van der Waals surface area contributed by atoms with Crippen LogP contribution in [0.2, 0.25) is 0 Å². The van der Waals surface area contributed by atoms with E-state index in [1.165, 1.54) is 96.3 Å². The third kappa shape index (κ3) is 32.1. The van der Waals surface area contributed by atoms with Crippen molar-refractivity contribution in [2.75, 3.05) is 26.4 Å². The molecule has 60 heavy (non-hydrogen) atoms. The highest BCUT2D eigenvalue weighted by atomic mass is 32.3. The van der Waals surface area contributed by atoms with Crippen LogP contribution in [-0.4, -0.2) is 97.5 Å². The average Bonchev–Trinajstić information content (AvgIpc) is 3.22. The maximum absolute atomic E-state index is 12.9. The van der Waals surface area contributed by atoms with Crippen molar-refractivity contribution in [2.45, 2.75) is 230 Å². The van der Waals surface area contributed by atoms with Crippen LogP contribution >= 0.6 is 0 Å². The van der Waals surface area contributed by atoms with Crippen LogP contribution in [0.4, 0.5) is 0 Å². The number of allylic oxidation sites excluding steroid dienone is 6. The highest BCUT2D eigenvalue weighted by Gasteiger charge is 2.48. The standard InChI is InChI=1S/C47H86O12S/c1-3-5-7-9-11-13-15-17-19-20-21-22-23-24-26-28-30-32-34-36-43(49)57-41(39-55-37-35-33-31-29-27-25-18-16-14-12-10-8-6-4-2)40-56-47-45(51)46(59-60(52,53)54)44(50)42(38-48)58-47/h11,13,17,19,21-22,41-42,44-48,50-51H,3-10,12,14-16,18,20,23-40H2,1-2H3,(H,52,53,54)/b13-11-,19-17-,22-21-. The first kappa shape index (κ1) is 56.3. The van der Waals surface area contributed by atoms with Crippen molar-refractivity contribution in [2.24, 2.45) is 0 Å². The molecular weight excluding hydrogens is 789 g/mol. The average molecular weight is 875 g/mol. The highest BCUT2D eigenvalue weighted by molar-refractivity contribution is 7.80. The molecule has 1 aliphatic rings. The summed E-state index contributed by atoms with van der Waals surface area (Å²) in [5, 5.41) is 30.7. The normalized spacial score (nSPS) is 20.5. The molecule has 0 aromatic carbocycles. The fourth-order valence-corrected chi connectivity index (χ4v) is 7.66. The van der Waals surface area contributed by atoms with E-state index in [2.05, 4.69) is 54.5 Å². The van der Waals surface area contributed by atoms with Gasteiger partial charge in [0.2, 0.25) is 0 Å². The molecule has 0 saturated carbocycles. The molecule has 0 amide bonds. The van der Waals surface area contributed by atoms with Crippen LogP contribution in [0.25, 0.3) is 0 Å². The summed E-state index contributed by atoms with van der Waals surface area (Å²) in [4.78, 5) is 12.9. The number of rotatable bonds is 41. The van der Waals surface area contributed by atoms with E-state index in [4.69, 9.17) is 23.5 Å². The van der Waals surface area contributed by atoms with Crippen molar-refractivity contribution < 1.29 is 56.2 Å². The van der Waals surface area contributed by atoms with Gasteiger partial charge in [0.1, 0.15) is 30.5 Å². The van der Waals surface area contributed by atoms with Gasteiger partial charge in [0.05, 0.1) is 19.8 Å². The van der Waals surface area contributed by atoms with E-state index in [1.54, 1.807) is 0 Å². The van der Waals surface area contributed by atoms with Gasteiger partial charge in [-0.1, -0.05) is 172 Å². The number of aliphatic hydroxyl groups excluding tert-OH is 3. The third-order valence-electron chi connectivity index (χ3n) is 10.8. The lowest BCUT2D eigenvalue weighted by atomic mass is 9.99. The summed E-state index contributed by atoms with van der Waals surface area (Å²) in [7, 11) is -5.06. The van der Waals surface area contributed by atoms with E-state index in [0.717, 1.165) is 70.6 Å². The van der Waals surface area contributed by atoms with Crippen molar-refractivity contribution in [1.29, 1.82) is 0 Å². The molecule has 0 aromatic heterocycles. The first-order valence-corrected chi connectivity index (χ1v) is 25.1. The minimum atomic E-state index is -5.06. The molecule has 1 saturated heterocycles. The smallest absolute Gasteiger partial charge is 0.397 e. The molecule has 0 aromatic rings. The summed E-state index contributed by atoms with van der Waals surface area (Å²) in [6.45, 7) is 3.96. The van der Waals surface area contributed by atoms with Crippen LogP contribution in [0.1, 0.15) is 194 Å². The molecule has 0 bridgehead atoms. The van der Waals surface area contributed by atoms with Crippen LogP contribution in [-0.2, 0) is 38.3 Å². The van der Waals surface area contributed by atoms with Crippen molar-refractivity contribution in [3.05, 3.63) is 36.5 Å². The molecule has 4 N–H and O–H groups in total. The van der Waals surface area contributed by atoms with Gasteiger partial charge >= 0.3 is 16.4 Å². The molecular formula is C47H86O12S. The lowest BCUT2D eigenvalue weighted by Gasteiger charge is -2.41. The first-order chi connectivity index (χ1) is 29.1. The number of aliphatic hydroxyl groups is 3. The molecule has 1 fully saturated rings. The summed E-state index contributed by atoms with van der Waals surface area (Å²) >= 11 is 0. The second-order valence-corrected chi connectivity index (χ2v) is 17.4. The van der Waals surface area contributed by atoms with Crippen LogP contribution in [0.3, 0.4) is 0 Å². The van der Waals surface area contributed by atoms with E-state index >= 15 is 0 Å². The molecule has 0 aliphatic carbocycles. The Kier molecular flexibility index (Phi) is 36.6. The van der Waals surface area contributed by atoms with Gasteiger partial charge in [-0.3, -0.25) is 9.35 Å². The van der Waals surface area contributed by atoms with Gasteiger partial charge in [0, 0.05) is 13.0 Å². The molecule has 6 atom stereocenters. The SMILES string of the molecule is CCCCC/C=C\C/C=C\C/C=C\CCCCCCCCC(=O)OC(COCCCCCCCCCCCCCCCC)COC1OC(CO)C(O)C(OS(=O)(=O)O)C1O. The number of carbonyl (C=O) groups is 1. The van der Waals surface area contributed by atoms with E-state index in [-0.39, 0.29) is 19.6 Å². The number of esters is 1. The number of ether oxygens (including phenoxy) is 4. The van der Waals surface area contributed by atoms with Crippen LogP contribution in [0.15, 0.2) is 36.5 Å². The van der Waals surface area contributed by atoms with Crippen LogP contribution < -0.4 is 0 Å². The molecule has 13 heteroatoms. The van der Waals surface area contributed by atoms with Crippen molar-refractivity contribution in [3.63, 3.8) is 0 Å². The molecule has 1 heterocycles. The van der Waals surface area contributed by atoms with E-state index in [0.29, 0.717) is 13.0 Å². The van der Waals surface area contributed by atoms with Gasteiger partial charge in [-0.2, -0.15) is 8.42 Å². The van der Waals surface area contributed by atoms with Crippen molar-refractivity contribution in [1.82, 2.24) is 0 Å². The molecule has 1 rings (SSSR count). The van der Waals surface area contributed by atoms with E-state index in [1.807, 2.05) is 0 Å². The van der Waals surface area contributed by atoms with Crippen molar-refractivity contribution >= 4 is 16.4 Å². The van der Waals surface area contributed by atoms with Crippen LogP contribution in [0, 0.1) is 0 Å². The zero-order valence-electron chi connectivity index (χ0n) is 37.5. The monoisotopic (exact) mass is 875 g/mol. The van der Waals surface area contributed by atoms with Gasteiger partial charge in [0.15, 0.2) is 6.29 Å². The number of hydrogen-bond acceptors (Lipinski definition) is 11. The first-order valence-electron chi connectivity index (χ1n) is 23.7. The molecule has 352 valence electrons. The van der Waals surface area contributed by atoms with Gasteiger partial charge < -0.3 is 34.3 Å². The van der Waals surface area contributed by atoms with E-state index in [9.17, 15) is 28.5 Å². The fourth-order valence-electron chi connectivity index (χ4n) is 7.15. The molecule has 0 spiro atoms. The second kappa shape index (κ2) is 39.0. The second-order valence-electron chi connectivity index (χ2n) is 16.4. The number of hydrogen-bond donors (Lipinski definition) is 4. The Balaban J connectivity index is 2.41. The predicted molar refractivity (Wildman–Crippen MR) is 239 cm³/mol. The topological polar surface area (TPSA) is 178 Å². The van der Waals surface area contributed by atoms with E-state index < -0.39 is 59.8 Å².